The first kappa shape index (κ1) is 26.8. The molecule has 0 aliphatic heterocycles. The van der Waals surface area contributed by atoms with Gasteiger partial charge in [-0.3, -0.25) is 0 Å². The Bertz CT molecular complexity index is 1120. The number of anilines is 1. The molecule has 190 valence electrons. The number of aliphatic carboxylic acids is 1. The Morgan fingerprint density at radius 1 is 0.944 bits per heavy atom. The number of hydrogen-bond acceptors (Lipinski definition) is 4. The van der Waals surface area contributed by atoms with Crippen LogP contribution in [0.5, 0.6) is 5.75 Å². The van der Waals surface area contributed by atoms with Gasteiger partial charge in [-0.15, -0.1) is 0 Å². The number of urea groups is 1. The van der Waals surface area contributed by atoms with Gasteiger partial charge in [0, 0.05) is 32.3 Å². The molecule has 1 atom stereocenters. The van der Waals surface area contributed by atoms with E-state index in [1.54, 1.807) is 11.8 Å². The van der Waals surface area contributed by atoms with E-state index in [0.29, 0.717) is 31.9 Å². The topological polar surface area (TPSA) is 88.1 Å². The molecule has 0 aliphatic carbocycles. The lowest BCUT2D eigenvalue weighted by Crippen LogP contribution is -2.39. The number of nitrogens with one attached hydrogen (secondary N) is 1. The Labute approximate surface area is 212 Å². The van der Waals surface area contributed by atoms with Gasteiger partial charge in [-0.1, -0.05) is 60.2 Å². The lowest BCUT2D eigenvalue weighted by Gasteiger charge is -2.24. The number of carbonyl (C=O) groups excluding carboxylic acids is 1. The van der Waals surface area contributed by atoms with Crippen molar-refractivity contribution in [1.29, 1.82) is 0 Å². The van der Waals surface area contributed by atoms with Crippen LogP contribution in [0, 0.1) is 6.92 Å². The average molecular weight is 491 g/mol. The maximum absolute atomic E-state index is 13.0. The van der Waals surface area contributed by atoms with E-state index in [-0.39, 0.29) is 12.5 Å². The third-order valence-corrected chi connectivity index (χ3v) is 6.02. The van der Waals surface area contributed by atoms with Crippen LogP contribution in [0.3, 0.4) is 0 Å². The summed E-state index contributed by atoms with van der Waals surface area (Å²) in [5, 5.41) is 12.4. The molecule has 0 saturated carbocycles. The van der Waals surface area contributed by atoms with Crippen LogP contribution >= 0.6 is 0 Å². The Hall–Kier alpha value is -3.84. The van der Waals surface area contributed by atoms with Crippen LogP contribution in [0.25, 0.3) is 0 Å². The zero-order valence-corrected chi connectivity index (χ0v) is 21.1. The fourth-order valence-electron chi connectivity index (χ4n) is 3.67. The number of amides is 2. The molecule has 1 unspecified atom stereocenters. The van der Waals surface area contributed by atoms with Gasteiger partial charge < -0.3 is 24.8 Å². The van der Waals surface area contributed by atoms with Crippen molar-refractivity contribution in [3.63, 3.8) is 0 Å². The van der Waals surface area contributed by atoms with E-state index >= 15 is 0 Å². The number of carboxylic acids is 1. The van der Waals surface area contributed by atoms with E-state index in [0.717, 1.165) is 22.4 Å². The van der Waals surface area contributed by atoms with Gasteiger partial charge in [0.1, 0.15) is 5.75 Å². The molecular weight excluding hydrogens is 456 g/mol. The standard InChI is InChI=1S/C29H34N2O5/c1-22-10-14-25(15-11-22)30-28(34)31(21-24-8-5-4-6-9-24)18-7-19-36-26-16-12-23(13-17-26)20-29(2,35-3)27(32)33/h4-6,8-17H,7,18-21H2,1-3H3,(H,30,34)(H,32,33). The number of ether oxygens (including phenoxy) is 2. The number of benzene rings is 3. The molecule has 7 nitrogen and oxygen atoms in total. The van der Waals surface area contributed by atoms with Crippen LogP contribution in [0.1, 0.15) is 30.0 Å². The molecule has 0 aromatic heterocycles. The smallest absolute Gasteiger partial charge is 0.336 e. The SMILES string of the molecule is COC(C)(Cc1ccc(OCCCN(Cc2ccccc2)C(=O)Nc2ccc(C)cc2)cc1)C(=O)O. The van der Waals surface area contributed by atoms with E-state index in [1.807, 2.05) is 85.8 Å². The molecular formula is C29H34N2O5. The highest BCUT2D eigenvalue weighted by atomic mass is 16.5. The van der Waals surface area contributed by atoms with Crippen LogP contribution in [-0.4, -0.2) is 47.9 Å². The molecule has 3 rings (SSSR count). The fraction of sp³-hybridized carbons (Fsp3) is 0.310. The molecule has 3 aromatic rings. The van der Waals surface area contributed by atoms with E-state index in [1.165, 1.54) is 7.11 Å². The van der Waals surface area contributed by atoms with Gasteiger partial charge in [0.15, 0.2) is 5.60 Å². The van der Waals surface area contributed by atoms with Gasteiger partial charge in [0.05, 0.1) is 6.61 Å². The Kier molecular flexibility index (Phi) is 9.47. The molecule has 0 spiro atoms. The zero-order valence-electron chi connectivity index (χ0n) is 21.1. The van der Waals surface area contributed by atoms with Crippen LogP contribution in [0.15, 0.2) is 78.9 Å². The van der Waals surface area contributed by atoms with Gasteiger partial charge in [0.25, 0.3) is 0 Å². The summed E-state index contributed by atoms with van der Waals surface area (Å²) in [6, 6.07) is 24.8. The highest BCUT2D eigenvalue weighted by Crippen LogP contribution is 2.20. The first-order chi connectivity index (χ1) is 17.3. The third kappa shape index (κ3) is 7.85. The van der Waals surface area contributed by atoms with Crippen LogP contribution in [0.4, 0.5) is 10.5 Å². The van der Waals surface area contributed by atoms with Crippen molar-refractivity contribution in [3.8, 4) is 5.75 Å². The summed E-state index contributed by atoms with van der Waals surface area (Å²) in [7, 11) is 1.40. The maximum atomic E-state index is 13.0. The maximum Gasteiger partial charge on any atom is 0.336 e. The molecule has 0 heterocycles. The number of rotatable bonds is 12. The fourth-order valence-corrected chi connectivity index (χ4v) is 3.67. The number of hydrogen-bond donors (Lipinski definition) is 2. The summed E-state index contributed by atoms with van der Waals surface area (Å²) in [6.45, 7) is 5.02. The van der Waals surface area contributed by atoms with Crippen molar-refractivity contribution in [3.05, 3.63) is 95.6 Å². The summed E-state index contributed by atoms with van der Waals surface area (Å²) >= 11 is 0. The summed E-state index contributed by atoms with van der Waals surface area (Å²) in [6.07, 6.45) is 0.903. The summed E-state index contributed by atoms with van der Waals surface area (Å²) in [5.41, 5.74) is 2.51. The van der Waals surface area contributed by atoms with Crippen LogP contribution < -0.4 is 10.1 Å². The zero-order chi connectivity index (χ0) is 26.0. The van der Waals surface area contributed by atoms with Crippen molar-refractivity contribution in [2.45, 2.75) is 38.8 Å². The van der Waals surface area contributed by atoms with Crippen molar-refractivity contribution >= 4 is 17.7 Å². The first-order valence-electron chi connectivity index (χ1n) is 12.0. The minimum absolute atomic E-state index is 0.160. The Morgan fingerprint density at radius 2 is 1.61 bits per heavy atom. The van der Waals surface area contributed by atoms with Crippen molar-refractivity contribution in [1.82, 2.24) is 4.90 Å². The molecule has 0 saturated heterocycles. The lowest BCUT2D eigenvalue weighted by atomic mass is 9.96. The lowest BCUT2D eigenvalue weighted by molar-refractivity contribution is -0.159. The van der Waals surface area contributed by atoms with E-state index < -0.39 is 11.6 Å². The van der Waals surface area contributed by atoms with E-state index in [4.69, 9.17) is 9.47 Å². The Balaban J connectivity index is 1.55. The number of carbonyl (C=O) groups is 2. The first-order valence-corrected chi connectivity index (χ1v) is 12.0. The monoisotopic (exact) mass is 490 g/mol. The van der Waals surface area contributed by atoms with Crippen LogP contribution in [0.2, 0.25) is 0 Å². The van der Waals surface area contributed by atoms with E-state index in [9.17, 15) is 14.7 Å². The van der Waals surface area contributed by atoms with Crippen molar-refractivity contribution in [2.24, 2.45) is 0 Å². The van der Waals surface area contributed by atoms with Gasteiger partial charge in [-0.25, -0.2) is 9.59 Å². The second kappa shape index (κ2) is 12.7. The Morgan fingerprint density at radius 3 is 2.22 bits per heavy atom. The predicted molar refractivity (Wildman–Crippen MR) is 140 cm³/mol. The quantitative estimate of drug-likeness (QED) is 0.326. The molecule has 0 bridgehead atoms. The molecule has 0 aliphatic rings. The van der Waals surface area contributed by atoms with Gasteiger partial charge in [0.2, 0.25) is 0 Å². The molecule has 0 radical (unpaired) electrons. The second-order valence-electron chi connectivity index (χ2n) is 8.97. The molecule has 36 heavy (non-hydrogen) atoms. The number of carboxylic acid groups (broad SMARTS) is 1. The molecule has 2 N–H and O–H groups in total. The second-order valence-corrected chi connectivity index (χ2v) is 8.97. The normalized spacial score (nSPS) is 12.4. The number of nitrogens with zero attached hydrogens (tertiary/aromatic N) is 1. The van der Waals surface area contributed by atoms with Crippen molar-refractivity contribution in [2.75, 3.05) is 25.6 Å². The van der Waals surface area contributed by atoms with Gasteiger partial charge >= 0.3 is 12.0 Å². The molecule has 7 heteroatoms. The summed E-state index contributed by atoms with van der Waals surface area (Å²) < 4.78 is 11.0. The van der Waals surface area contributed by atoms with Crippen LogP contribution in [-0.2, 0) is 22.5 Å². The predicted octanol–water partition coefficient (Wildman–Crippen LogP) is 5.53. The number of aryl methyl sites for hydroxylation is 1. The minimum Gasteiger partial charge on any atom is -0.494 e. The largest absolute Gasteiger partial charge is 0.494 e. The van der Waals surface area contributed by atoms with E-state index in [2.05, 4.69) is 5.32 Å². The molecule has 0 fully saturated rings. The highest BCUT2D eigenvalue weighted by molar-refractivity contribution is 5.89. The summed E-state index contributed by atoms with van der Waals surface area (Å²) in [5.74, 6) is -0.316. The molecule has 3 aromatic carbocycles. The van der Waals surface area contributed by atoms with Gasteiger partial charge in [-0.05, 0) is 55.7 Å². The van der Waals surface area contributed by atoms with Crippen molar-refractivity contribution < 1.29 is 24.2 Å². The average Bonchev–Trinajstić information content (AvgIpc) is 2.88. The minimum atomic E-state index is -1.27. The summed E-state index contributed by atoms with van der Waals surface area (Å²) in [4.78, 5) is 26.2. The third-order valence-electron chi connectivity index (χ3n) is 6.02. The number of methoxy groups -OCH3 is 1. The van der Waals surface area contributed by atoms with Gasteiger partial charge in [-0.2, -0.15) is 0 Å². The molecule has 2 amide bonds. The highest BCUT2D eigenvalue weighted by Gasteiger charge is 2.33.